The normalized spacial score (nSPS) is 14.6. The van der Waals surface area contributed by atoms with Crippen LogP contribution in [-0.4, -0.2) is 47.5 Å². The van der Waals surface area contributed by atoms with Crippen molar-refractivity contribution in [3.05, 3.63) is 59.7 Å². The second-order valence-corrected chi connectivity index (χ2v) is 10.2. The Bertz CT molecular complexity index is 1300. The first-order valence-electron chi connectivity index (χ1n) is 12.5. The number of benzene rings is 2. The molecule has 37 heavy (non-hydrogen) atoms. The minimum Gasteiger partial charge on any atom is -0.494 e. The highest BCUT2D eigenvalue weighted by molar-refractivity contribution is 6.31. The Morgan fingerprint density at radius 1 is 1.27 bits per heavy atom. The molecule has 0 spiro atoms. The van der Waals surface area contributed by atoms with Gasteiger partial charge in [-0.05, 0) is 62.0 Å². The summed E-state index contributed by atoms with van der Waals surface area (Å²) in [6.45, 7) is 7.20. The summed E-state index contributed by atoms with van der Waals surface area (Å²) in [5.41, 5.74) is 2.17. The van der Waals surface area contributed by atoms with Gasteiger partial charge in [0.1, 0.15) is 23.7 Å². The highest BCUT2D eigenvalue weighted by Crippen LogP contribution is 2.43. The minimum absolute atomic E-state index is 0.00338. The lowest BCUT2D eigenvalue weighted by molar-refractivity contribution is -0.111. The number of likely N-dealkylation sites (N-methyl/N-ethyl adjacent to an activating group) is 1. The van der Waals surface area contributed by atoms with E-state index in [0.29, 0.717) is 39.3 Å². The molecule has 9 heteroatoms. The van der Waals surface area contributed by atoms with Gasteiger partial charge in [0.05, 0.1) is 23.3 Å². The summed E-state index contributed by atoms with van der Waals surface area (Å²) in [5, 5.41) is 6.71. The highest BCUT2D eigenvalue weighted by atomic mass is 35.5. The molecule has 0 saturated heterocycles. The smallest absolute Gasteiger partial charge is 0.248 e. The molecule has 196 valence electrons. The number of rotatable bonds is 11. The van der Waals surface area contributed by atoms with Gasteiger partial charge < -0.3 is 15.4 Å². The first-order valence-corrected chi connectivity index (χ1v) is 12.9. The quantitative estimate of drug-likeness (QED) is 0.276. The topological polar surface area (TPSA) is 79.4 Å². The maximum Gasteiger partial charge on any atom is 0.248 e. The Hall–Kier alpha value is -3.23. The first-order chi connectivity index (χ1) is 17.8. The summed E-state index contributed by atoms with van der Waals surface area (Å²) in [7, 11) is 1.54. The number of amides is 1. The molecule has 1 aliphatic rings. The second kappa shape index (κ2) is 11.9. The van der Waals surface area contributed by atoms with E-state index in [2.05, 4.69) is 39.3 Å². The average molecular weight is 526 g/mol. The largest absolute Gasteiger partial charge is 0.494 e. The summed E-state index contributed by atoms with van der Waals surface area (Å²) in [5.74, 6) is 0.210. The molecule has 2 aromatic carbocycles. The van der Waals surface area contributed by atoms with Gasteiger partial charge in [-0.2, -0.15) is 0 Å². The molecule has 1 aliphatic carbocycles. The van der Waals surface area contributed by atoms with Crippen molar-refractivity contribution in [2.45, 2.75) is 39.5 Å². The number of anilines is 3. The van der Waals surface area contributed by atoms with Gasteiger partial charge >= 0.3 is 0 Å². The number of nitrogens with zero attached hydrogens (tertiary/aromatic N) is 3. The Labute approximate surface area is 222 Å². The molecule has 1 aromatic heterocycles. The Morgan fingerprint density at radius 2 is 2.08 bits per heavy atom. The van der Waals surface area contributed by atoms with Gasteiger partial charge in [-0.15, -0.1) is 0 Å². The van der Waals surface area contributed by atoms with Gasteiger partial charge in [-0.1, -0.05) is 37.9 Å². The molecular formula is C28H33ClFN5O2. The number of carbonyl (C=O) groups is 1. The van der Waals surface area contributed by atoms with Crippen LogP contribution in [0.2, 0.25) is 5.02 Å². The molecule has 0 radical (unpaired) electrons. The molecule has 4 rings (SSSR count). The monoisotopic (exact) mass is 525 g/mol. The van der Waals surface area contributed by atoms with Crippen LogP contribution in [0.4, 0.5) is 21.6 Å². The number of halogens is 2. The van der Waals surface area contributed by atoms with Gasteiger partial charge in [-0.25, -0.2) is 14.4 Å². The van der Waals surface area contributed by atoms with Crippen molar-refractivity contribution >= 4 is 45.6 Å². The standard InChI is InChI=1S/C28H33ClFN5O2/c1-4-35(14-12-28(2)10-6-11-28)13-5-7-26(36)34-24-16-20-23(17-25(24)37-3)31-18-32-27(20)33-19-8-9-22(30)21(29)15-19/h5,7-9,15-18H,4,6,10-14H2,1-3H3,(H,34,36)(H,31,32,33)/b7-5+. The van der Waals surface area contributed by atoms with Gasteiger partial charge in [0, 0.05) is 29.8 Å². The molecule has 1 fully saturated rings. The number of methoxy groups -OCH3 is 1. The van der Waals surface area contributed by atoms with Crippen LogP contribution in [0, 0.1) is 11.2 Å². The van der Waals surface area contributed by atoms with Gasteiger partial charge in [0.25, 0.3) is 0 Å². The van der Waals surface area contributed by atoms with Crippen molar-refractivity contribution < 1.29 is 13.9 Å². The van der Waals surface area contributed by atoms with Crippen molar-refractivity contribution in [1.82, 2.24) is 14.9 Å². The number of ether oxygens (including phenoxy) is 1. The third kappa shape index (κ3) is 6.76. The maximum atomic E-state index is 13.6. The van der Waals surface area contributed by atoms with Crippen molar-refractivity contribution in [2.24, 2.45) is 5.41 Å². The molecule has 0 atom stereocenters. The second-order valence-electron chi connectivity index (χ2n) is 9.74. The predicted octanol–water partition coefficient (Wildman–Crippen LogP) is 6.57. The van der Waals surface area contributed by atoms with Gasteiger partial charge in [0.2, 0.25) is 5.91 Å². The van der Waals surface area contributed by atoms with E-state index < -0.39 is 5.82 Å². The highest BCUT2D eigenvalue weighted by Gasteiger charge is 2.31. The summed E-state index contributed by atoms with van der Waals surface area (Å²) in [6, 6.07) is 7.82. The number of fused-ring (bicyclic) bond motifs is 1. The van der Waals surface area contributed by atoms with E-state index >= 15 is 0 Å². The van der Waals surface area contributed by atoms with Crippen LogP contribution in [-0.2, 0) is 4.79 Å². The van der Waals surface area contributed by atoms with Gasteiger partial charge in [-0.3, -0.25) is 9.69 Å². The van der Waals surface area contributed by atoms with E-state index in [1.807, 2.05) is 6.08 Å². The molecule has 0 bridgehead atoms. The maximum absolute atomic E-state index is 13.6. The fourth-order valence-electron chi connectivity index (χ4n) is 4.48. The molecule has 1 saturated carbocycles. The lowest BCUT2D eigenvalue weighted by atomic mass is 9.68. The van der Waals surface area contributed by atoms with E-state index in [9.17, 15) is 9.18 Å². The number of carbonyl (C=O) groups excluding carboxylic acids is 1. The number of aromatic nitrogens is 2. The third-order valence-electron chi connectivity index (χ3n) is 7.07. The zero-order valence-corrected chi connectivity index (χ0v) is 22.2. The van der Waals surface area contributed by atoms with Gasteiger partial charge in [0.15, 0.2) is 0 Å². The number of hydrogen-bond acceptors (Lipinski definition) is 6. The van der Waals surface area contributed by atoms with Crippen molar-refractivity contribution in [3.63, 3.8) is 0 Å². The summed E-state index contributed by atoms with van der Waals surface area (Å²) in [4.78, 5) is 23.7. The van der Waals surface area contributed by atoms with Crippen LogP contribution in [0.25, 0.3) is 10.9 Å². The summed E-state index contributed by atoms with van der Waals surface area (Å²) in [6.07, 6.45) is 10.0. The van der Waals surface area contributed by atoms with Crippen molar-refractivity contribution in [3.8, 4) is 5.75 Å². The zero-order valence-electron chi connectivity index (χ0n) is 21.5. The SMILES string of the molecule is CCN(C/C=C/C(=O)Nc1cc2c(Nc3ccc(F)c(Cl)c3)ncnc2cc1OC)CCC1(C)CCC1. The van der Waals surface area contributed by atoms with Crippen molar-refractivity contribution in [1.29, 1.82) is 0 Å². The van der Waals surface area contributed by atoms with Crippen LogP contribution >= 0.6 is 11.6 Å². The van der Waals surface area contributed by atoms with Crippen LogP contribution < -0.4 is 15.4 Å². The fraction of sp³-hybridized carbons (Fsp3) is 0.393. The molecule has 0 aliphatic heterocycles. The van der Waals surface area contributed by atoms with Crippen molar-refractivity contribution in [2.75, 3.05) is 37.4 Å². The Kier molecular flexibility index (Phi) is 8.61. The molecule has 0 unspecified atom stereocenters. The molecule has 7 nitrogen and oxygen atoms in total. The molecule has 3 aromatic rings. The van der Waals surface area contributed by atoms with Crippen LogP contribution in [0.15, 0.2) is 48.8 Å². The number of nitrogens with one attached hydrogen (secondary N) is 2. The van der Waals surface area contributed by atoms with E-state index in [4.69, 9.17) is 16.3 Å². The molecule has 1 amide bonds. The lowest BCUT2D eigenvalue weighted by Crippen LogP contribution is -2.33. The lowest BCUT2D eigenvalue weighted by Gasteiger charge is -2.39. The van der Waals surface area contributed by atoms with Crippen LogP contribution in [0.5, 0.6) is 5.75 Å². The molecular weight excluding hydrogens is 493 g/mol. The third-order valence-corrected chi connectivity index (χ3v) is 7.36. The van der Waals surface area contributed by atoms with E-state index in [0.717, 1.165) is 19.6 Å². The van der Waals surface area contributed by atoms with E-state index in [1.165, 1.54) is 51.3 Å². The van der Waals surface area contributed by atoms with Crippen LogP contribution in [0.3, 0.4) is 0 Å². The Balaban J connectivity index is 1.46. The first kappa shape index (κ1) is 26.8. The van der Waals surface area contributed by atoms with E-state index in [1.54, 1.807) is 24.3 Å². The van der Waals surface area contributed by atoms with E-state index in [-0.39, 0.29) is 10.9 Å². The summed E-state index contributed by atoms with van der Waals surface area (Å²) >= 11 is 5.92. The molecule has 1 heterocycles. The molecule has 2 N–H and O–H groups in total. The minimum atomic E-state index is -0.503. The fourth-order valence-corrected chi connectivity index (χ4v) is 4.66. The Morgan fingerprint density at radius 3 is 2.76 bits per heavy atom. The zero-order chi connectivity index (χ0) is 26.4. The number of hydrogen-bond donors (Lipinski definition) is 2. The summed E-state index contributed by atoms with van der Waals surface area (Å²) < 4.78 is 19.1. The predicted molar refractivity (Wildman–Crippen MR) is 147 cm³/mol. The average Bonchev–Trinajstić information content (AvgIpc) is 2.87. The van der Waals surface area contributed by atoms with Crippen LogP contribution in [0.1, 0.15) is 39.5 Å².